The number of piperazine rings is 1. The largest absolute Gasteiger partial charge is 0.367 e. The number of urea groups is 1. The Bertz CT molecular complexity index is 2130. The Hall–Kier alpha value is -6.21. The van der Waals surface area contributed by atoms with E-state index in [1.807, 2.05) is 41.4 Å². The number of benzene rings is 5. The van der Waals surface area contributed by atoms with E-state index in [1.165, 1.54) is 0 Å². The van der Waals surface area contributed by atoms with E-state index in [0.717, 1.165) is 68.9 Å². The molecule has 1 aliphatic heterocycles. The Labute approximate surface area is 292 Å². The molecule has 3 heterocycles. The fraction of sp³-hybridized carbons (Fsp3) is 0.140. The van der Waals surface area contributed by atoms with Crippen molar-refractivity contribution in [3.05, 3.63) is 180 Å². The number of pyridine rings is 1. The highest BCUT2D eigenvalue weighted by atomic mass is 16.2. The predicted octanol–water partition coefficient (Wildman–Crippen LogP) is 8.60. The molecule has 0 saturated carbocycles. The third-order valence-electron chi connectivity index (χ3n) is 9.78. The number of anilines is 2. The highest BCUT2D eigenvalue weighted by Gasteiger charge is 2.39. The quantitative estimate of drug-likeness (QED) is 0.175. The number of rotatable bonds is 7. The van der Waals surface area contributed by atoms with Crippen LogP contribution in [0.2, 0.25) is 0 Å². The van der Waals surface area contributed by atoms with Gasteiger partial charge < -0.3 is 15.1 Å². The monoisotopic (exact) mass is 654 g/mol. The highest BCUT2D eigenvalue weighted by Crippen LogP contribution is 2.42. The van der Waals surface area contributed by atoms with E-state index in [4.69, 9.17) is 10.1 Å². The lowest BCUT2D eigenvalue weighted by Crippen LogP contribution is -2.50. The van der Waals surface area contributed by atoms with E-state index in [-0.39, 0.29) is 6.03 Å². The number of nitrogens with one attached hydrogen (secondary N) is 1. The predicted molar refractivity (Wildman–Crippen MR) is 202 cm³/mol. The Morgan fingerprint density at radius 1 is 0.680 bits per heavy atom. The lowest BCUT2D eigenvalue weighted by atomic mass is 9.77. The number of carbonyl (C=O) groups excluding carboxylic acids is 1. The van der Waals surface area contributed by atoms with E-state index < -0.39 is 5.54 Å². The number of amides is 2. The van der Waals surface area contributed by atoms with Crippen molar-refractivity contribution in [2.24, 2.45) is 0 Å². The van der Waals surface area contributed by atoms with Crippen molar-refractivity contribution in [3.63, 3.8) is 0 Å². The van der Waals surface area contributed by atoms with Gasteiger partial charge in [-0.1, -0.05) is 115 Å². The van der Waals surface area contributed by atoms with Gasteiger partial charge in [-0.2, -0.15) is 5.10 Å². The summed E-state index contributed by atoms with van der Waals surface area (Å²) < 4.78 is 2.14. The second-order valence-corrected chi connectivity index (χ2v) is 12.7. The van der Waals surface area contributed by atoms with E-state index in [1.54, 1.807) is 0 Å². The minimum absolute atomic E-state index is 0.0669. The maximum Gasteiger partial charge on any atom is 0.321 e. The van der Waals surface area contributed by atoms with Crippen LogP contribution in [0.15, 0.2) is 158 Å². The number of aromatic nitrogens is 3. The van der Waals surface area contributed by atoms with Crippen molar-refractivity contribution in [1.82, 2.24) is 19.7 Å². The summed E-state index contributed by atoms with van der Waals surface area (Å²) in [7, 11) is 0. The van der Waals surface area contributed by atoms with Crippen LogP contribution in [0.1, 0.15) is 22.4 Å². The normalized spacial score (nSPS) is 13.4. The van der Waals surface area contributed by atoms with Crippen molar-refractivity contribution >= 4 is 28.3 Å². The molecule has 246 valence electrons. The van der Waals surface area contributed by atoms with Crippen LogP contribution in [0.3, 0.4) is 0 Å². The molecule has 2 aromatic heterocycles. The number of para-hydroxylation sites is 1. The van der Waals surface area contributed by atoms with E-state index in [2.05, 4.69) is 143 Å². The molecule has 0 aliphatic carbocycles. The average molecular weight is 655 g/mol. The van der Waals surface area contributed by atoms with Crippen LogP contribution in [0.4, 0.5) is 16.2 Å². The summed E-state index contributed by atoms with van der Waals surface area (Å²) >= 11 is 0. The van der Waals surface area contributed by atoms with Gasteiger partial charge in [0, 0.05) is 60.9 Å². The SMILES string of the molecule is Cc1nn(C(c2ccccc2)(c2ccccc2)c2ccccc2)cc1-c1ccc2nccc(N3CCN(C(=O)Nc4ccccc4)CC3)c2c1. The first-order valence-electron chi connectivity index (χ1n) is 17.1. The lowest BCUT2D eigenvalue weighted by molar-refractivity contribution is 0.208. The lowest BCUT2D eigenvalue weighted by Gasteiger charge is -2.36. The van der Waals surface area contributed by atoms with Gasteiger partial charge in [-0.3, -0.25) is 9.67 Å². The smallest absolute Gasteiger partial charge is 0.321 e. The molecule has 1 N–H and O–H groups in total. The summed E-state index contributed by atoms with van der Waals surface area (Å²) in [4.78, 5) is 22.0. The van der Waals surface area contributed by atoms with Gasteiger partial charge in [0.2, 0.25) is 0 Å². The second-order valence-electron chi connectivity index (χ2n) is 12.7. The summed E-state index contributed by atoms with van der Waals surface area (Å²) in [6.45, 7) is 4.82. The van der Waals surface area contributed by atoms with Crippen LogP contribution in [-0.2, 0) is 5.54 Å². The summed E-state index contributed by atoms with van der Waals surface area (Å²) in [5.41, 5.74) is 8.66. The van der Waals surface area contributed by atoms with Gasteiger partial charge in [-0.05, 0) is 59.5 Å². The minimum Gasteiger partial charge on any atom is -0.367 e. The Balaban J connectivity index is 1.16. The van der Waals surface area contributed by atoms with Gasteiger partial charge in [0.15, 0.2) is 0 Å². The van der Waals surface area contributed by atoms with Gasteiger partial charge in [-0.25, -0.2) is 4.79 Å². The summed E-state index contributed by atoms with van der Waals surface area (Å²) in [5.74, 6) is 0. The first-order valence-corrected chi connectivity index (χ1v) is 17.1. The van der Waals surface area contributed by atoms with Crippen LogP contribution < -0.4 is 10.2 Å². The summed E-state index contributed by atoms with van der Waals surface area (Å²) in [6, 6.07) is 50.0. The van der Waals surface area contributed by atoms with Crippen LogP contribution >= 0.6 is 0 Å². The molecule has 1 fully saturated rings. The highest BCUT2D eigenvalue weighted by molar-refractivity contribution is 5.95. The zero-order chi connectivity index (χ0) is 33.9. The number of hydrogen-bond acceptors (Lipinski definition) is 4. The molecule has 7 heteroatoms. The molecule has 7 aromatic rings. The molecule has 1 saturated heterocycles. The molecule has 5 aromatic carbocycles. The minimum atomic E-state index is -0.692. The zero-order valence-electron chi connectivity index (χ0n) is 28.0. The number of nitrogens with zero attached hydrogens (tertiary/aromatic N) is 5. The van der Waals surface area contributed by atoms with Crippen molar-refractivity contribution < 1.29 is 4.79 Å². The average Bonchev–Trinajstić information content (AvgIpc) is 3.57. The van der Waals surface area contributed by atoms with E-state index in [9.17, 15) is 4.79 Å². The third-order valence-corrected chi connectivity index (χ3v) is 9.78. The molecule has 0 radical (unpaired) electrons. The molecule has 0 spiro atoms. The summed E-state index contributed by atoms with van der Waals surface area (Å²) in [5, 5.41) is 9.39. The van der Waals surface area contributed by atoms with Crippen LogP contribution in [0.5, 0.6) is 0 Å². The molecule has 1 aliphatic rings. The van der Waals surface area contributed by atoms with Crippen LogP contribution in [-0.4, -0.2) is 51.9 Å². The van der Waals surface area contributed by atoms with Gasteiger partial charge in [0.25, 0.3) is 0 Å². The standard InChI is InChI=1S/C43H38N6O/c1-32-39(31-49(46-32)43(34-14-6-2-7-15-34,35-16-8-3-9-17-35)36-18-10-4-11-19-36)33-22-23-40-38(30-33)41(24-25-44-40)47-26-28-48(29-27-47)42(50)45-37-20-12-5-13-21-37/h2-25,30-31H,26-29H2,1H3,(H,45,50). The topological polar surface area (TPSA) is 66.3 Å². The fourth-order valence-corrected chi connectivity index (χ4v) is 7.30. The third kappa shape index (κ3) is 5.66. The van der Waals surface area contributed by atoms with Crippen molar-refractivity contribution in [2.75, 3.05) is 36.4 Å². The van der Waals surface area contributed by atoms with Crippen molar-refractivity contribution in [3.8, 4) is 11.1 Å². The van der Waals surface area contributed by atoms with Crippen molar-refractivity contribution in [1.29, 1.82) is 0 Å². The maximum atomic E-state index is 13.0. The number of fused-ring (bicyclic) bond motifs is 1. The molecule has 50 heavy (non-hydrogen) atoms. The molecule has 0 unspecified atom stereocenters. The summed E-state index contributed by atoms with van der Waals surface area (Å²) in [6.07, 6.45) is 4.08. The molecule has 0 bridgehead atoms. The first-order chi connectivity index (χ1) is 24.6. The molecular formula is C43H38N6O. The first kappa shape index (κ1) is 31.1. The number of hydrogen-bond donors (Lipinski definition) is 1. The van der Waals surface area contributed by atoms with Gasteiger partial charge >= 0.3 is 6.03 Å². The fourth-order valence-electron chi connectivity index (χ4n) is 7.30. The Morgan fingerprint density at radius 3 is 1.82 bits per heavy atom. The molecule has 2 amide bonds. The maximum absolute atomic E-state index is 13.0. The van der Waals surface area contributed by atoms with Crippen LogP contribution in [0.25, 0.3) is 22.0 Å². The van der Waals surface area contributed by atoms with E-state index in [0.29, 0.717) is 13.1 Å². The molecule has 8 rings (SSSR count). The zero-order valence-corrected chi connectivity index (χ0v) is 28.0. The van der Waals surface area contributed by atoms with Gasteiger partial charge in [0.05, 0.1) is 11.2 Å². The number of carbonyl (C=O) groups is 1. The number of aryl methyl sites for hydroxylation is 1. The van der Waals surface area contributed by atoms with Crippen LogP contribution in [0, 0.1) is 6.92 Å². The molecule has 0 atom stereocenters. The Morgan fingerprint density at radius 2 is 1.24 bits per heavy atom. The second kappa shape index (κ2) is 13.4. The molecular weight excluding hydrogens is 617 g/mol. The van der Waals surface area contributed by atoms with Gasteiger partial charge in [0.1, 0.15) is 5.54 Å². The van der Waals surface area contributed by atoms with Gasteiger partial charge in [-0.15, -0.1) is 0 Å². The Kier molecular flexibility index (Phi) is 8.30. The van der Waals surface area contributed by atoms with E-state index >= 15 is 0 Å². The van der Waals surface area contributed by atoms with Crippen molar-refractivity contribution in [2.45, 2.75) is 12.5 Å². The molecule has 7 nitrogen and oxygen atoms in total.